The predicted octanol–water partition coefficient (Wildman–Crippen LogP) is 1.44. The van der Waals surface area contributed by atoms with Gasteiger partial charge in [0.1, 0.15) is 0 Å². The summed E-state index contributed by atoms with van der Waals surface area (Å²) in [5.41, 5.74) is 0. The van der Waals surface area contributed by atoms with Crippen molar-refractivity contribution < 1.29 is 4.79 Å². The van der Waals surface area contributed by atoms with Crippen molar-refractivity contribution in [2.24, 2.45) is 0 Å². The Labute approximate surface area is 135 Å². The lowest BCUT2D eigenvalue weighted by Gasteiger charge is -2.27. The van der Waals surface area contributed by atoms with Crippen molar-refractivity contribution in [2.75, 3.05) is 30.3 Å². The molecule has 6 nitrogen and oxygen atoms in total. The van der Waals surface area contributed by atoms with E-state index in [-0.39, 0.29) is 12.5 Å². The fraction of sp³-hybridized carbons (Fsp3) is 0.667. The van der Waals surface area contributed by atoms with E-state index >= 15 is 0 Å². The number of hydrogen-bond acceptors (Lipinski definition) is 5. The molecule has 1 aliphatic carbocycles. The van der Waals surface area contributed by atoms with Crippen LogP contribution in [0.5, 0.6) is 0 Å². The number of nitrogens with zero attached hydrogens (tertiary/aromatic N) is 4. The Morgan fingerprint density at radius 1 is 1.32 bits per heavy atom. The minimum Gasteiger partial charge on any atom is -0.344 e. The summed E-state index contributed by atoms with van der Waals surface area (Å²) < 4.78 is 2.23. The van der Waals surface area contributed by atoms with Gasteiger partial charge in [0.15, 0.2) is 5.16 Å². The lowest BCUT2D eigenvalue weighted by molar-refractivity contribution is -0.118. The van der Waals surface area contributed by atoms with E-state index < -0.39 is 0 Å². The molecule has 0 radical (unpaired) electrons. The number of carbonyl (C=O) groups excluding carboxylic acids is 1. The quantitative estimate of drug-likeness (QED) is 0.635. The van der Waals surface area contributed by atoms with Gasteiger partial charge in [-0.3, -0.25) is 9.36 Å². The Hall–Kier alpha value is -1.68. The lowest BCUT2D eigenvalue weighted by atomic mass is 10.1. The fourth-order valence-electron chi connectivity index (χ4n) is 2.66. The van der Waals surface area contributed by atoms with Crippen LogP contribution >= 0.6 is 11.8 Å². The molecule has 0 unspecified atom stereocenters. The van der Waals surface area contributed by atoms with Gasteiger partial charge in [0.25, 0.3) is 0 Å². The van der Waals surface area contributed by atoms with Crippen molar-refractivity contribution in [1.82, 2.24) is 20.1 Å². The zero-order valence-electron chi connectivity index (χ0n) is 12.6. The monoisotopic (exact) mass is 319 g/mol. The van der Waals surface area contributed by atoms with Gasteiger partial charge in [-0.2, -0.15) is 0 Å². The molecule has 2 aliphatic rings. The molecule has 3 rings (SSSR count). The summed E-state index contributed by atoms with van der Waals surface area (Å²) in [4.78, 5) is 14.0. The maximum Gasteiger partial charge on any atom is 0.231 e. The zero-order valence-corrected chi connectivity index (χ0v) is 13.4. The predicted molar refractivity (Wildman–Crippen MR) is 86.9 cm³/mol. The Balaban J connectivity index is 1.67. The fourth-order valence-corrected chi connectivity index (χ4v) is 3.49. The van der Waals surface area contributed by atoms with Crippen LogP contribution in [0.15, 0.2) is 5.16 Å². The van der Waals surface area contributed by atoms with Crippen LogP contribution in [0.25, 0.3) is 0 Å². The van der Waals surface area contributed by atoms with Gasteiger partial charge in [0.05, 0.1) is 12.3 Å². The van der Waals surface area contributed by atoms with E-state index in [1.165, 1.54) is 43.9 Å². The van der Waals surface area contributed by atoms with Gasteiger partial charge in [-0.15, -0.1) is 16.6 Å². The summed E-state index contributed by atoms with van der Waals surface area (Å²) in [6.07, 6.45) is 11.2. The molecule has 1 aromatic heterocycles. The third-order valence-electron chi connectivity index (χ3n) is 3.92. The molecule has 0 spiro atoms. The van der Waals surface area contributed by atoms with Crippen LogP contribution in [-0.2, 0) is 4.79 Å². The highest BCUT2D eigenvalue weighted by Crippen LogP contribution is 2.41. The normalized spacial score (nSPS) is 18.0. The van der Waals surface area contributed by atoms with E-state index in [2.05, 4.69) is 30.9 Å². The average Bonchev–Trinajstić information content (AvgIpc) is 3.31. The molecule has 1 aromatic rings. The first-order chi connectivity index (χ1) is 10.8. The number of aromatic nitrogens is 3. The van der Waals surface area contributed by atoms with Gasteiger partial charge in [-0.1, -0.05) is 17.7 Å². The molecular formula is C15H21N5OS. The van der Waals surface area contributed by atoms with Gasteiger partial charge >= 0.3 is 0 Å². The lowest BCUT2D eigenvalue weighted by Crippen LogP contribution is -2.32. The van der Waals surface area contributed by atoms with Gasteiger partial charge < -0.3 is 10.2 Å². The minimum atomic E-state index is -0.0622. The molecule has 0 bridgehead atoms. The van der Waals surface area contributed by atoms with Gasteiger partial charge in [-0.05, 0) is 32.1 Å². The standard InChI is InChI=1S/C15H21N5OS/c1-2-8-16-13(21)11-22-15-18-17-14(20(15)12-6-7-12)19-9-4-3-5-10-19/h1,12H,3-11H2,(H,16,21). The summed E-state index contributed by atoms with van der Waals surface area (Å²) in [5, 5.41) is 12.2. The van der Waals surface area contributed by atoms with E-state index in [1.807, 2.05) is 0 Å². The van der Waals surface area contributed by atoms with Crippen molar-refractivity contribution in [3.63, 3.8) is 0 Å². The maximum atomic E-state index is 11.7. The molecule has 1 amide bonds. The molecule has 0 aromatic carbocycles. The van der Waals surface area contributed by atoms with Crippen molar-refractivity contribution in [3.05, 3.63) is 0 Å². The Bertz CT molecular complexity index is 569. The molecule has 1 aliphatic heterocycles. The first-order valence-electron chi connectivity index (χ1n) is 7.82. The molecular weight excluding hydrogens is 298 g/mol. The van der Waals surface area contributed by atoms with Crippen molar-refractivity contribution in [1.29, 1.82) is 0 Å². The molecule has 1 saturated carbocycles. The molecule has 0 atom stereocenters. The van der Waals surface area contributed by atoms with Crippen LogP contribution in [0.2, 0.25) is 0 Å². The third-order valence-corrected chi connectivity index (χ3v) is 4.86. The van der Waals surface area contributed by atoms with Crippen LogP contribution in [0.1, 0.15) is 38.1 Å². The summed E-state index contributed by atoms with van der Waals surface area (Å²) >= 11 is 1.44. The third kappa shape index (κ3) is 3.55. The number of nitrogens with one attached hydrogen (secondary N) is 1. The number of anilines is 1. The largest absolute Gasteiger partial charge is 0.344 e. The highest BCUT2D eigenvalue weighted by molar-refractivity contribution is 7.99. The van der Waals surface area contributed by atoms with E-state index in [1.54, 1.807) is 0 Å². The smallest absolute Gasteiger partial charge is 0.231 e. The SMILES string of the molecule is C#CCNC(=O)CSc1nnc(N2CCCCC2)n1C1CC1. The number of thioether (sulfide) groups is 1. The molecule has 118 valence electrons. The van der Waals surface area contributed by atoms with E-state index in [9.17, 15) is 4.79 Å². The number of rotatable bonds is 6. The first-order valence-corrected chi connectivity index (χ1v) is 8.81. The molecule has 2 fully saturated rings. The zero-order chi connectivity index (χ0) is 15.4. The number of carbonyl (C=O) groups is 1. The van der Waals surface area contributed by atoms with Crippen LogP contribution in [-0.4, -0.2) is 46.1 Å². The van der Waals surface area contributed by atoms with Crippen LogP contribution in [0, 0.1) is 12.3 Å². The maximum absolute atomic E-state index is 11.7. The van der Waals surface area contributed by atoms with Crippen molar-refractivity contribution in [2.45, 2.75) is 43.3 Å². The molecule has 1 saturated heterocycles. The van der Waals surface area contributed by atoms with E-state index in [0.29, 0.717) is 11.8 Å². The topological polar surface area (TPSA) is 63.1 Å². The van der Waals surface area contributed by atoms with Crippen molar-refractivity contribution in [3.8, 4) is 12.3 Å². The molecule has 22 heavy (non-hydrogen) atoms. The summed E-state index contributed by atoms with van der Waals surface area (Å²) in [6.45, 7) is 2.38. The van der Waals surface area contributed by atoms with Gasteiger partial charge in [-0.25, -0.2) is 0 Å². The number of terminal acetylenes is 1. The van der Waals surface area contributed by atoms with Gasteiger partial charge in [0, 0.05) is 19.1 Å². The highest BCUT2D eigenvalue weighted by atomic mass is 32.2. The first kappa shape index (κ1) is 15.2. The molecule has 7 heteroatoms. The van der Waals surface area contributed by atoms with Crippen LogP contribution in [0.3, 0.4) is 0 Å². The highest BCUT2D eigenvalue weighted by Gasteiger charge is 2.32. The number of hydrogen-bond donors (Lipinski definition) is 1. The van der Waals surface area contributed by atoms with Crippen molar-refractivity contribution >= 4 is 23.6 Å². The molecule has 1 N–H and O–H groups in total. The second-order valence-electron chi connectivity index (χ2n) is 5.70. The summed E-state index contributed by atoms with van der Waals surface area (Å²) in [6, 6.07) is 0.503. The van der Waals surface area contributed by atoms with E-state index in [4.69, 9.17) is 6.42 Å². The minimum absolute atomic E-state index is 0.0622. The number of amides is 1. The second kappa shape index (κ2) is 7.05. The Morgan fingerprint density at radius 3 is 2.77 bits per heavy atom. The summed E-state index contributed by atoms with van der Waals surface area (Å²) in [5.74, 6) is 3.65. The summed E-state index contributed by atoms with van der Waals surface area (Å²) in [7, 11) is 0. The van der Waals surface area contributed by atoms with Crippen LogP contribution < -0.4 is 10.2 Å². The van der Waals surface area contributed by atoms with Crippen LogP contribution in [0.4, 0.5) is 5.95 Å². The Kier molecular flexibility index (Phi) is 4.88. The Morgan fingerprint density at radius 2 is 2.09 bits per heavy atom. The average molecular weight is 319 g/mol. The van der Waals surface area contributed by atoms with Gasteiger partial charge in [0.2, 0.25) is 11.9 Å². The second-order valence-corrected chi connectivity index (χ2v) is 6.64. The number of piperidine rings is 1. The molecule has 2 heterocycles. The van der Waals surface area contributed by atoms with E-state index in [0.717, 1.165) is 24.2 Å².